The van der Waals surface area contributed by atoms with Gasteiger partial charge in [0.05, 0.1) is 6.04 Å². The van der Waals surface area contributed by atoms with E-state index in [0.29, 0.717) is 0 Å². The minimum absolute atomic E-state index is 0.0845. The molecule has 2 aliphatic rings. The van der Waals surface area contributed by atoms with Gasteiger partial charge in [-0.15, -0.1) is 11.3 Å². The van der Waals surface area contributed by atoms with Crippen LogP contribution in [0.4, 0.5) is 0 Å². The number of dihydropyridines is 1. The Labute approximate surface area is 238 Å². The van der Waals surface area contributed by atoms with Crippen molar-refractivity contribution < 1.29 is 0 Å². The third kappa shape index (κ3) is 3.46. The summed E-state index contributed by atoms with van der Waals surface area (Å²) in [6.07, 6.45) is 11.4. The van der Waals surface area contributed by atoms with Crippen molar-refractivity contribution in [2.75, 3.05) is 0 Å². The van der Waals surface area contributed by atoms with Crippen LogP contribution in [0.15, 0.2) is 115 Å². The zero-order valence-corrected chi connectivity index (χ0v) is 23.4. The average molecular weight is 532 g/mol. The Hall–Kier alpha value is -4.40. The number of allylic oxidation sites excluding steroid dienone is 2. The fraction of sp³-hybridized carbons (Fsp3) is 0.105. The van der Waals surface area contributed by atoms with E-state index in [-0.39, 0.29) is 11.5 Å². The Bertz CT molecular complexity index is 2050. The van der Waals surface area contributed by atoms with Gasteiger partial charge in [0.2, 0.25) is 0 Å². The lowest BCUT2D eigenvalue weighted by molar-refractivity contribution is 0.638. The first-order valence-electron chi connectivity index (χ1n) is 14.0. The fourth-order valence-corrected chi connectivity index (χ4v) is 7.90. The van der Waals surface area contributed by atoms with Gasteiger partial charge in [-0.1, -0.05) is 111 Å². The number of hydrogen-bond donors (Lipinski definition) is 1. The molecule has 5 aromatic carbocycles. The van der Waals surface area contributed by atoms with Crippen LogP contribution in [0.5, 0.6) is 0 Å². The molecule has 6 aromatic rings. The van der Waals surface area contributed by atoms with Crippen molar-refractivity contribution in [2.45, 2.75) is 25.3 Å². The Morgan fingerprint density at radius 3 is 2.23 bits per heavy atom. The molecule has 2 heteroatoms. The third-order valence-corrected chi connectivity index (χ3v) is 9.93. The summed E-state index contributed by atoms with van der Waals surface area (Å²) in [5.74, 6) is 0. The summed E-state index contributed by atoms with van der Waals surface area (Å²) >= 11 is 1.89. The monoisotopic (exact) mass is 531 g/mol. The molecule has 0 fully saturated rings. The molecule has 0 spiro atoms. The van der Waals surface area contributed by atoms with Gasteiger partial charge < -0.3 is 5.32 Å². The number of benzene rings is 5. The first-order valence-corrected chi connectivity index (χ1v) is 14.8. The second-order valence-corrected chi connectivity index (χ2v) is 12.5. The molecule has 0 saturated carbocycles. The van der Waals surface area contributed by atoms with Crippen LogP contribution in [-0.2, 0) is 5.41 Å². The van der Waals surface area contributed by atoms with E-state index >= 15 is 0 Å². The zero-order chi connectivity index (χ0) is 26.8. The van der Waals surface area contributed by atoms with Gasteiger partial charge in [0.1, 0.15) is 0 Å². The molecule has 1 nitrogen and oxygen atoms in total. The highest BCUT2D eigenvalue weighted by Crippen LogP contribution is 2.48. The molecule has 8 rings (SSSR count). The maximum atomic E-state index is 3.66. The van der Waals surface area contributed by atoms with Crippen molar-refractivity contribution in [3.8, 4) is 0 Å². The summed E-state index contributed by atoms with van der Waals surface area (Å²) in [5.41, 5.74) is 9.07. The van der Waals surface area contributed by atoms with Crippen molar-refractivity contribution in [1.29, 1.82) is 0 Å². The minimum atomic E-state index is -0.180. The summed E-state index contributed by atoms with van der Waals surface area (Å²) in [4.78, 5) is 0. The standard InChI is InChI=1S/C38H29NS/c1-38(2)32-18-19-36-37(30-14-8-9-15-35(30)40-36)29(32)17-16-28-26-12-6-7-13-27(26)31(23-33(28)38)34-22-25(20-21-39-34)24-10-4-3-5-11-24/h3-23,34,39H,1-2H3. The Morgan fingerprint density at radius 2 is 1.38 bits per heavy atom. The highest BCUT2D eigenvalue weighted by Gasteiger charge is 2.33. The molecule has 0 amide bonds. The van der Waals surface area contributed by atoms with Crippen molar-refractivity contribution in [3.05, 3.63) is 149 Å². The van der Waals surface area contributed by atoms with E-state index in [2.05, 4.69) is 147 Å². The highest BCUT2D eigenvalue weighted by molar-refractivity contribution is 7.25. The Kier molecular flexibility index (Phi) is 5.17. The lowest BCUT2D eigenvalue weighted by atomic mass is 9.73. The van der Waals surface area contributed by atoms with Crippen molar-refractivity contribution in [2.24, 2.45) is 0 Å². The van der Waals surface area contributed by atoms with Crippen molar-refractivity contribution >= 4 is 60.0 Å². The topological polar surface area (TPSA) is 12.0 Å². The number of hydrogen-bond acceptors (Lipinski definition) is 2. The molecule has 0 radical (unpaired) electrons. The second kappa shape index (κ2) is 8.81. The number of nitrogens with one attached hydrogen (secondary N) is 1. The van der Waals surface area contributed by atoms with E-state index in [0.717, 1.165) is 0 Å². The molecule has 40 heavy (non-hydrogen) atoms. The van der Waals surface area contributed by atoms with E-state index < -0.39 is 0 Å². The van der Waals surface area contributed by atoms with E-state index in [1.165, 1.54) is 69.9 Å². The molecular weight excluding hydrogens is 502 g/mol. The largest absolute Gasteiger partial charge is 0.381 e. The summed E-state index contributed by atoms with van der Waals surface area (Å²) in [5, 5.41) is 9.01. The fourth-order valence-electron chi connectivity index (χ4n) is 6.78. The van der Waals surface area contributed by atoms with Crippen LogP contribution >= 0.6 is 11.3 Å². The van der Waals surface area contributed by atoms with Gasteiger partial charge in [0.15, 0.2) is 0 Å². The molecule has 1 atom stereocenters. The second-order valence-electron chi connectivity index (χ2n) is 11.4. The summed E-state index contributed by atoms with van der Waals surface area (Å²) in [7, 11) is 0. The SMILES string of the molecule is CC1(C)c2cc(C3C=C(c4ccccc4)C=CN3)c3ccccc3c2C=Cc2c1ccc1sc3ccccc3c21. The molecule has 1 N–H and O–H groups in total. The number of fused-ring (bicyclic) bond motifs is 8. The molecule has 1 unspecified atom stereocenters. The maximum absolute atomic E-state index is 3.66. The molecule has 1 aliphatic carbocycles. The molecule has 2 heterocycles. The van der Waals surface area contributed by atoms with Crippen LogP contribution in [0, 0.1) is 0 Å². The van der Waals surface area contributed by atoms with Crippen LogP contribution in [0.25, 0.3) is 48.7 Å². The third-order valence-electron chi connectivity index (χ3n) is 8.79. The quantitative estimate of drug-likeness (QED) is 0.234. The van der Waals surface area contributed by atoms with Crippen molar-refractivity contribution in [3.63, 3.8) is 0 Å². The highest BCUT2D eigenvalue weighted by atomic mass is 32.1. The first-order chi connectivity index (χ1) is 19.6. The summed E-state index contributed by atoms with van der Waals surface area (Å²) < 4.78 is 2.71. The van der Waals surface area contributed by atoms with Crippen molar-refractivity contribution in [1.82, 2.24) is 5.32 Å². The Balaban J connectivity index is 1.37. The molecule has 0 saturated heterocycles. The smallest absolute Gasteiger partial charge is 0.0707 e. The predicted octanol–water partition coefficient (Wildman–Crippen LogP) is 10.3. The Morgan fingerprint density at radius 1 is 0.650 bits per heavy atom. The van der Waals surface area contributed by atoms with Crippen LogP contribution in [0.3, 0.4) is 0 Å². The molecule has 192 valence electrons. The van der Waals surface area contributed by atoms with Gasteiger partial charge in [-0.2, -0.15) is 0 Å². The normalized spacial score (nSPS) is 17.4. The van der Waals surface area contributed by atoms with Gasteiger partial charge in [0, 0.05) is 25.6 Å². The first kappa shape index (κ1) is 23.5. The van der Waals surface area contributed by atoms with Crippen LogP contribution < -0.4 is 5.32 Å². The van der Waals surface area contributed by atoms with Crippen LogP contribution in [0.2, 0.25) is 0 Å². The zero-order valence-electron chi connectivity index (χ0n) is 22.6. The molecule has 0 bridgehead atoms. The van der Waals surface area contributed by atoms with Gasteiger partial charge >= 0.3 is 0 Å². The van der Waals surface area contributed by atoms with E-state index in [4.69, 9.17) is 0 Å². The maximum Gasteiger partial charge on any atom is 0.0707 e. The van der Waals surface area contributed by atoms with Crippen LogP contribution in [0.1, 0.15) is 53.3 Å². The van der Waals surface area contributed by atoms with E-state index in [9.17, 15) is 0 Å². The predicted molar refractivity (Wildman–Crippen MR) is 174 cm³/mol. The van der Waals surface area contributed by atoms with Crippen LogP contribution in [-0.4, -0.2) is 0 Å². The lowest BCUT2D eigenvalue weighted by Gasteiger charge is -2.31. The number of rotatable bonds is 2. The van der Waals surface area contributed by atoms with Gasteiger partial charge in [-0.05, 0) is 80.2 Å². The molecule has 1 aromatic heterocycles. The lowest BCUT2D eigenvalue weighted by Crippen LogP contribution is -2.23. The summed E-state index contributed by atoms with van der Waals surface area (Å²) in [6.45, 7) is 4.80. The van der Waals surface area contributed by atoms with E-state index in [1.54, 1.807) is 0 Å². The minimum Gasteiger partial charge on any atom is -0.381 e. The molecular formula is C38H29NS. The number of thiophene rings is 1. The average Bonchev–Trinajstić information content (AvgIpc) is 3.34. The molecule has 1 aliphatic heterocycles. The van der Waals surface area contributed by atoms with E-state index in [1.807, 2.05) is 11.3 Å². The van der Waals surface area contributed by atoms with Gasteiger partial charge in [-0.3, -0.25) is 0 Å². The van der Waals surface area contributed by atoms with Gasteiger partial charge in [-0.25, -0.2) is 0 Å². The summed E-state index contributed by atoms with van der Waals surface area (Å²) in [6, 6.07) is 35.7. The van der Waals surface area contributed by atoms with Gasteiger partial charge in [0.25, 0.3) is 0 Å².